The molecule has 25 heavy (non-hydrogen) atoms. The number of halogens is 1. The molecule has 0 saturated carbocycles. The van der Waals surface area contributed by atoms with Crippen molar-refractivity contribution in [1.29, 1.82) is 0 Å². The second-order valence-corrected chi connectivity index (χ2v) is 6.54. The molecule has 3 rings (SSSR count). The van der Waals surface area contributed by atoms with Gasteiger partial charge in [0.15, 0.2) is 0 Å². The van der Waals surface area contributed by atoms with Gasteiger partial charge in [0, 0.05) is 24.1 Å². The van der Waals surface area contributed by atoms with E-state index in [1.165, 1.54) is 0 Å². The van der Waals surface area contributed by atoms with E-state index in [2.05, 4.69) is 10.6 Å². The zero-order valence-electron chi connectivity index (χ0n) is 14.3. The summed E-state index contributed by atoms with van der Waals surface area (Å²) in [5.74, 6) is 0.0254. The van der Waals surface area contributed by atoms with Gasteiger partial charge in [0.2, 0.25) is 5.91 Å². The van der Waals surface area contributed by atoms with Gasteiger partial charge in [-0.3, -0.25) is 4.79 Å². The molecule has 3 N–H and O–H groups in total. The average Bonchev–Trinajstić information content (AvgIpc) is 2.63. The van der Waals surface area contributed by atoms with Crippen LogP contribution in [0, 0.1) is 6.92 Å². The van der Waals surface area contributed by atoms with Crippen LogP contribution in [0.2, 0.25) is 5.02 Å². The van der Waals surface area contributed by atoms with Crippen LogP contribution in [0.15, 0.2) is 36.4 Å². The lowest BCUT2D eigenvalue weighted by Gasteiger charge is -2.25. The highest BCUT2D eigenvalue weighted by Crippen LogP contribution is 2.42. The monoisotopic (exact) mass is 356 g/mol. The second kappa shape index (κ2) is 7.19. The minimum absolute atomic E-state index is 0.0910. The zero-order valence-corrected chi connectivity index (χ0v) is 15.0. The van der Waals surface area contributed by atoms with Crippen LogP contribution in [0.25, 0.3) is 6.08 Å². The van der Waals surface area contributed by atoms with Crippen molar-refractivity contribution in [2.45, 2.75) is 26.3 Å². The lowest BCUT2D eigenvalue weighted by molar-refractivity contribution is -0.121. The third kappa shape index (κ3) is 3.49. The molecule has 1 amide bonds. The maximum absolute atomic E-state index is 12.1. The van der Waals surface area contributed by atoms with E-state index >= 15 is 0 Å². The van der Waals surface area contributed by atoms with Crippen molar-refractivity contribution in [3.05, 3.63) is 63.7 Å². The number of fused-ring (bicyclic) bond motifs is 1. The summed E-state index contributed by atoms with van der Waals surface area (Å²) in [7, 11) is 0. The van der Waals surface area contributed by atoms with E-state index < -0.39 is 6.04 Å². The van der Waals surface area contributed by atoms with E-state index in [4.69, 9.17) is 11.6 Å². The van der Waals surface area contributed by atoms with Gasteiger partial charge in [0.05, 0.1) is 16.8 Å². The lowest BCUT2D eigenvalue weighted by Crippen LogP contribution is -2.29. The van der Waals surface area contributed by atoms with E-state index in [0.29, 0.717) is 29.2 Å². The molecule has 1 unspecified atom stereocenters. The topological polar surface area (TPSA) is 61.4 Å². The first kappa shape index (κ1) is 17.4. The fourth-order valence-corrected chi connectivity index (χ4v) is 3.21. The summed E-state index contributed by atoms with van der Waals surface area (Å²) in [5.41, 5.74) is 3.97. The van der Waals surface area contributed by atoms with Crippen LogP contribution >= 0.6 is 11.6 Å². The second-order valence-electron chi connectivity index (χ2n) is 6.13. The van der Waals surface area contributed by atoms with Crippen LogP contribution in [0.1, 0.15) is 41.6 Å². The molecule has 0 saturated heterocycles. The Hall–Kier alpha value is -2.46. The summed E-state index contributed by atoms with van der Waals surface area (Å²) in [6, 6.07) is 9.14. The van der Waals surface area contributed by atoms with Gasteiger partial charge in [-0.1, -0.05) is 60.5 Å². The molecule has 0 aromatic heterocycles. The Morgan fingerprint density at radius 1 is 1.36 bits per heavy atom. The summed E-state index contributed by atoms with van der Waals surface area (Å²) in [6.07, 6.45) is 4.20. The molecular weight excluding hydrogens is 336 g/mol. The number of nitrogens with one attached hydrogen (secondary N) is 2. The van der Waals surface area contributed by atoms with E-state index in [9.17, 15) is 9.90 Å². The van der Waals surface area contributed by atoms with Crippen molar-refractivity contribution in [3.63, 3.8) is 0 Å². The van der Waals surface area contributed by atoms with Gasteiger partial charge in [-0.2, -0.15) is 0 Å². The fourth-order valence-electron chi connectivity index (χ4n) is 2.94. The van der Waals surface area contributed by atoms with Crippen molar-refractivity contribution in [1.82, 2.24) is 5.32 Å². The molecule has 0 radical (unpaired) electrons. The van der Waals surface area contributed by atoms with Gasteiger partial charge < -0.3 is 15.7 Å². The SMILES string of the molecule is CCC(=O)NC(c1ccc(C)cc1)c1cc(Cl)c2c(c1O)NCC=C2. The molecule has 2 aromatic rings. The Morgan fingerprint density at radius 2 is 2.08 bits per heavy atom. The van der Waals surface area contributed by atoms with Gasteiger partial charge in [-0.15, -0.1) is 0 Å². The third-order valence-electron chi connectivity index (χ3n) is 4.35. The van der Waals surface area contributed by atoms with E-state index in [-0.39, 0.29) is 11.7 Å². The number of rotatable bonds is 4. The number of aryl methyl sites for hydroxylation is 1. The number of amides is 1. The van der Waals surface area contributed by atoms with Crippen molar-refractivity contribution in [2.75, 3.05) is 11.9 Å². The Balaban J connectivity index is 2.13. The van der Waals surface area contributed by atoms with Gasteiger partial charge in [-0.05, 0) is 18.6 Å². The minimum atomic E-state index is -0.469. The Morgan fingerprint density at radius 3 is 2.76 bits per heavy atom. The molecule has 130 valence electrons. The average molecular weight is 357 g/mol. The molecule has 4 nitrogen and oxygen atoms in total. The quantitative estimate of drug-likeness (QED) is 0.711. The standard InChI is InChI=1S/C20H21ClN2O2/c1-3-17(24)23-18(13-8-6-12(2)7-9-13)15-11-16(21)14-5-4-10-22-19(14)20(15)25/h4-9,11,18,22,25H,3,10H2,1-2H3,(H,23,24). The van der Waals surface area contributed by atoms with E-state index in [0.717, 1.165) is 16.7 Å². The summed E-state index contributed by atoms with van der Waals surface area (Å²) in [5, 5.41) is 17.5. The molecule has 1 aliphatic heterocycles. The Bertz CT molecular complexity index is 829. The van der Waals surface area contributed by atoms with Gasteiger partial charge in [-0.25, -0.2) is 0 Å². The summed E-state index contributed by atoms with van der Waals surface area (Å²) in [4.78, 5) is 12.1. The van der Waals surface area contributed by atoms with Crippen molar-refractivity contribution < 1.29 is 9.90 Å². The van der Waals surface area contributed by atoms with Gasteiger partial charge in [0.1, 0.15) is 5.75 Å². The highest BCUT2D eigenvalue weighted by atomic mass is 35.5. The highest BCUT2D eigenvalue weighted by Gasteiger charge is 2.25. The van der Waals surface area contributed by atoms with E-state index in [1.807, 2.05) is 43.3 Å². The lowest BCUT2D eigenvalue weighted by atomic mass is 9.94. The van der Waals surface area contributed by atoms with Gasteiger partial charge in [0.25, 0.3) is 0 Å². The van der Waals surface area contributed by atoms with Crippen molar-refractivity contribution in [3.8, 4) is 5.75 Å². The smallest absolute Gasteiger partial charge is 0.220 e. The molecule has 0 fully saturated rings. The number of carbonyl (C=O) groups excluding carboxylic acids is 1. The first-order chi connectivity index (χ1) is 12.0. The van der Waals surface area contributed by atoms with Crippen LogP contribution in [0.4, 0.5) is 5.69 Å². The number of phenolic OH excluding ortho intramolecular Hbond substituents is 1. The predicted octanol–water partition coefficient (Wildman–Crippen LogP) is 4.41. The number of hydrogen-bond acceptors (Lipinski definition) is 3. The Labute approximate surface area is 152 Å². The number of carbonyl (C=O) groups is 1. The third-order valence-corrected chi connectivity index (χ3v) is 4.66. The molecule has 5 heteroatoms. The number of benzene rings is 2. The van der Waals surface area contributed by atoms with E-state index in [1.54, 1.807) is 13.0 Å². The zero-order chi connectivity index (χ0) is 18.0. The number of hydrogen-bond donors (Lipinski definition) is 3. The van der Waals surface area contributed by atoms with Gasteiger partial charge >= 0.3 is 0 Å². The first-order valence-electron chi connectivity index (χ1n) is 8.33. The maximum Gasteiger partial charge on any atom is 0.220 e. The number of anilines is 1. The van der Waals surface area contributed by atoms with Crippen molar-refractivity contribution in [2.24, 2.45) is 0 Å². The minimum Gasteiger partial charge on any atom is -0.505 e. The summed E-state index contributed by atoms with van der Waals surface area (Å²) < 4.78 is 0. The predicted molar refractivity (Wildman–Crippen MR) is 102 cm³/mol. The largest absolute Gasteiger partial charge is 0.505 e. The van der Waals surface area contributed by atoms with Crippen LogP contribution < -0.4 is 10.6 Å². The molecule has 0 bridgehead atoms. The molecule has 0 spiro atoms. The van der Waals surface area contributed by atoms with Crippen LogP contribution in [-0.4, -0.2) is 17.6 Å². The molecule has 1 heterocycles. The first-order valence-corrected chi connectivity index (χ1v) is 8.70. The van der Waals surface area contributed by atoms with Crippen LogP contribution in [0.5, 0.6) is 5.75 Å². The molecular formula is C20H21ClN2O2. The molecule has 1 atom stereocenters. The van der Waals surface area contributed by atoms with Crippen molar-refractivity contribution >= 4 is 29.3 Å². The summed E-state index contributed by atoms with van der Waals surface area (Å²) >= 11 is 6.43. The normalized spacial score (nSPS) is 13.7. The maximum atomic E-state index is 12.1. The highest BCUT2D eigenvalue weighted by molar-refractivity contribution is 6.33. The molecule has 0 aliphatic carbocycles. The fraction of sp³-hybridized carbons (Fsp3) is 0.250. The summed E-state index contributed by atoms with van der Waals surface area (Å²) in [6.45, 7) is 4.43. The Kier molecular flexibility index (Phi) is 5.00. The van der Waals surface area contributed by atoms with Crippen LogP contribution in [-0.2, 0) is 4.79 Å². The number of phenols is 1. The van der Waals surface area contributed by atoms with Crippen LogP contribution in [0.3, 0.4) is 0 Å². The molecule has 1 aliphatic rings. The number of aromatic hydroxyl groups is 1. The molecule has 2 aromatic carbocycles.